The van der Waals surface area contributed by atoms with Gasteiger partial charge in [-0.05, 0) is 25.5 Å². The first-order valence-corrected chi connectivity index (χ1v) is 6.05. The molecule has 0 bridgehead atoms. The second-order valence-corrected chi connectivity index (χ2v) is 4.41. The summed E-state index contributed by atoms with van der Waals surface area (Å²) in [5.74, 6) is -1.05. The summed E-state index contributed by atoms with van der Waals surface area (Å²) in [5.41, 5.74) is -1.58. The van der Waals surface area contributed by atoms with E-state index in [1.54, 1.807) is 6.92 Å². The SMILES string of the molecule is Cc1cc(C)c(C(=O)C=C(NCCO)C(F)(F)F)c(=O)[nH]1. The van der Waals surface area contributed by atoms with Crippen molar-refractivity contribution in [2.75, 3.05) is 13.2 Å². The lowest BCUT2D eigenvalue weighted by molar-refractivity contribution is -0.0969. The molecule has 1 rings (SSSR count). The van der Waals surface area contributed by atoms with Crippen molar-refractivity contribution in [3.05, 3.63) is 45.0 Å². The fraction of sp³-hybridized carbons (Fsp3) is 0.385. The molecule has 1 aromatic heterocycles. The van der Waals surface area contributed by atoms with Crippen molar-refractivity contribution in [1.29, 1.82) is 0 Å². The molecule has 0 saturated carbocycles. The molecule has 21 heavy (non-hydrogen) atoms. The van der Waals surface area contributed by atoms with E-state index in [9.17, 15) is 22.8 Å². The Hall–Kier alpha value is -2.09. The molecule has 0 aromatic carbocycles. The maximum Gasteiger partial charge on any atom is 0.431 e. The smallest absolute Gasteiger partial charge is 0.395 e. The lowest BCUT2D eigenvalue weighted by Crippen LogP contribution is -2.30. The number of carbonyl (C=O) groups is 1. The van der Waals surface area contributed by atoms with Crippen molar-refractivity contribution in [3.63, 3.8) is 0 Å². The summed E-state index contributed by atoms with van der Waals surface area (Å²) >= 11 is 0. The molecule has 116 valence electrons. The van der Waals surface area contributed by atoms with E-state index in [1.807, 2.05) is 5.32 Å². The van der Waals surface area contributed by atoms with Gasteiger partial charge in [0.1, 0.15) is 5.70 Å². The molecule has 1 aromatic rings. The number of aliphatic hydroxyl groups excluding tert-OH is 1. The number of rotatable bonds is 5. The Labute approximate surface area is 118 Å². The van der Waals surface area contributed by atoms with Crippen LogP contribution in [0.5, 0.6) is 0 Å². The summed E-state index contributed by atoms with van der Waals surface area (Å²) in [4.78, 5) is 26.0. The highest BCUT2D eigenvalue weighted by Gasteiger charge is 2.34. The zero-order valence-electron chi connectivity index (χ0n) is 11.5. The van der Waals surface area contributed by atoms with Crippen molar-refractivity contribution >= 4 is 5.78 Å². The van der Waals surface area contributed by atoms with Crippen molar-refractivity contribution in [2.45, 2.75) is 20.0 Å². The number of halogens is 3. The third kappa shape index (κ3) is 4.45. The number of pyridine rings is 1. The second kappa shape index (κ2) is 6.57. The summed E-state index contributed by atoms with van der Waals surface area (Å²) in [6.45, 7) is 2.19. The van der Waals surface area contributed by atoms with Crippen LogP contribution in [0, 0.1) is 13.8 Å². The number of carbonyl (C=O) groups excluding carboxylic acids is 1. The molecule has 0 fully saturated rings. The van der Waals surface area contributed by atoms with Crippen LogP contribution < -0.4 is 10.9 Å². The Morgan fingerprint density at radius 1 is 1.43 bits per heavy atom. The predicted octanol–water partition coefficient (Wildman–Crippen LogP) is 1.20. The normalized spacial score (nSPS) is 12.4. The van der Waals surface area contributed by atoms with Crippen molar-refractivity contribution in [3.8, 4) is 0 Å². The third-order valence-electron chi connectivity index (χ3n) is 2.62. The first kappa shape index (κ1) is 17.0. The number of allylic oxidation sites excluding steroid dienone is 2. The van der Waals surface area contributed by atoms with Crippen molar-refractivity contribution < 1.29 is 23.1 Å². The van der Waals surface area contributed by atoms with Gasteiger partial charge in [0.2, 0.25) is 0 Å². The fourth-order valence-electron chi connectivity index (χ4n) is 1.79. The Bertz CT molecular complexity index is 618. The second-order valence-electron chi connectivity index (χ2n) is 4.41. The molecular weight excluding hydrogens is 289 g/mol. The first-order valence-electron chi connectivity index (χ1n) is 6.05. The summed E-state index contributed by atoms with van der Waals surface area (Å²) < 4.78 is 38.2. The Morgan fingerprint density at radius 2 is 2.05 bits per heavy atom. The number of hydrogen-bond donors (Lipinski definition) is 3. The van der Waals surface area contributed by atoms with Gasteiger partial charge in [0, 0.05) is 18.3 Å². The molecule has 0 aliphatic heterocycles. The van der Waals surface area contributed by atoms with Crippen LogP contribution in [0.3, 0.4) is 0 Å². The topological polar surface area (TPSA) is 82.2 Å². The van der Waals surface area contributed by atoms with E-state index in [0.717, 1.165) is 0 Å². The molecule has 0 spiro atoms. The van der Waals surface area contributed by atoms with Gasteiger partial charge in [-0.2, -0.15) is 13.2 Å². The largest absolute Gasteiger partial charge is 0.431 e. The lowest BCUT2D eigenvalue weighted by Gasteiger charge is -2.13. The number of aryl methyl sites for hydroxylation is 2. The van der Waals surface area contributed by atoms with E-state index in [-0.39, 0.29) is 12.1 Å². The van der Waals surface area contributed by atoms with Crippen LogP contribution >= 0.6 is 0 Å². The van der Waals surface area contributed by atoms with Crippen molar-refractivity contribution in [1.82, 2.24) is 10.3 Å². The maximum absolute atomic E-state index is 12.7. The minimum Gasteiger partial charge on any atom is -0.395 e. The number of H-pyrrole nitrogens is 1. The van der Waals surface area contributed by atoms with Crippen LogP contribution in [-0.2, 0) is 0 Å². The summed E-state index contributed by atoms with van der Waals surface area (Å²) in [5, 5.41) is 10.5. The van der Waals surface area contributed by atoms with Gasteiger partial charge in [-0.15, -0.1) is 0 Å². The Balaban J connectivity index is 3.23. The molecule has 0 unspecified atom stereocenters. The highest BCUT2D eigenvalue weighted by atomic mass is 19.4. The highest BCUT2D eigenvalue weighted by Crippen LogP contribution is 2.23. The number of alkyl halides is 3. The molecule has 0 saturated heterocycles. The minimum atomic E-state index is -4.78. The van der Waals surface area contributed by atoms with E-state index in [4.69, 9.17) is 5.11 Å². The summed E-state index contributed by atoms with van der Waals surface area (Å²) in [6, 6.07) is 1.50. The molecule has 5 nitrogen and oxygen atoms in total. The van der Waals surface area contributed by atoms with Crippen LogP contribution in [0.4, 0.5) is 13.2 Å². The molecule has 0 atom stereocenters. The monoisotopic (exact) mass is 304 g/mol. The zero-order valence-corrected chi connectivity index (χ0v) is 11.5. The van der Waals surface area contributed by atoms with Gasteiger partial charge >= 0.3 is 6.18 Å². The van der Waals surface area contributed by atoms with Gasteiger partial charge in [-0.25, -0.2) is 0 Å². The van der Waals surface area contributed by atoms with Crippen LogP contribution in [0.25, 0.3) is 0 Å². The predicted molar refractivity (Wildman–Crippen MR) is 70.1 cm³/mol. The average Bonchev–Trinajstić information content (AvgIpc) is 2.31. The van der Waals surface area contributed by atoms with E-state index in [0.29, 0.717) is 17.3 Å². The minimum absolute atomic E-state index is 0.293. The van der Waals surface area contributed by atoms with E-state index >= 15 is 0 Å². The van der Waals surface area contributed by atoms with Crippen molar-refractivity contribution in [2.24, 2.45) is 0 Å². The molecule has 1 heterocycles. The Morgan fingerprint density at radius 3 is 2.52 bits per heavy atom. The van der Waals surface area contributed by atoms with Crippen LogP contribution in [0.15, 0.2) is 22.6 Å². The quantitative estimate of drug-likeness (QED) is 0.564. The molecular formula is C13H15F3N2O3. The summed E-state index contributed by atoms with van der Waals surface area (Å²) in [6.07, 6.45) is -4.46. The Kier molecular flexibility index (Phi) is 5.31. The number of aliphatic hydroxyl groups is 1. The highest BCUT2D eigenvalue weighted by molar-refractivity contribution is 6.05. The summed E-state index contributed by atoms with van der Waals surface area (Å²) in [7, 11) is 0. The van der Waals surface area contributed by atoms with Crippen LogP contribution in [-0.4, -0.2) is 35.2 Å². The average molecular weight is 304 g/mol. The maximum atomic E-state index is 12.7. The van der Waals surface area contributed by atoms with Gasteiger partial charge in [0.15, 0.2) is 5.78 Å². The van der Waals surface area contributed by atoms with Gasteiger partial charge in [0.25, 0.3) is 5.56 Å². The molecule has 0 amide bonds. The van der Waals surface area contributed by atoms with Gasteiger partial charge in [0.05, 0.1) is 12.2 Å². The number of aromatic nitrogens is 1. The first-order chi connectivity index (χ1) is 9.66. The zero-order chi connectivity index (χ0) is 16.2. The molecule has 8 heteroatoms. The van der Waals surface area contributed by atoms with Gasteiger partial charge < -0.3 is 15.4 Å². The number of ketones is 1. The van der Waals surface area contributed by atoms with Gasteiger partial charge in [-0.1, -0.05) is 0 Å². The molecule has 3 N–H and O–H groups in total. The lowest BCUT2D eigenvalue weighted by atomic mass is 10.1. The number of aromatic amines is 1. The van der Waals surface area contributed by atoms with E-state index in [1.165, 1.54) is 13.0 Å². The van der Waals surface area contributed by atoms with Crippen LogP contribution in [0.2, 0.25) is 0 Å². The third-order valence-corrected chi connectivity index (χ3v) is 2.62. The fourth-order valence-corrected chi connectivity index (χ4v) is 1.79. The number of hydrogen-bond acceptors (Lipinski definition) is 4. The van der Waals surface area contributed by atoms with Crippen LogP contribution in [0.1, 0.15) is 21.6 Å². The molecule has 0 radical (unpaired) electrons. The van der Waals surface area contributed by atoms with Gasteiger partial charge in [-0.3, -0.25) is 9.59 Å². The molecule has 0 aliphatic rings. The standard InChI is InChI=1S/C13H15F3N2O3/c1-7-5-8(2)18-12(21)11(7)9(20)6-10(13(14,15)16)17-3-4-19/h5-6,17,19H,3-4H2,1-2H3,(H,18,21). The van der Waals surface area contributed by atoms with E-state index < -0.39 is 29.8 Å². The number of nitrogens with one attached hydrogen (secondary N) is 2. The molecule has 0 aliphatic carbocycles. The van der Waals surface area contributed by atoms with E-state index in [2.05, 4.69) is 4.98 Å².